The van der Waals surface area contributed by atoms with Gasteiger partial charge in [-0.3, -0.25) is 0 Å². The number of thiazole rings is 1. The number of nitrogens with zero attached hydrogens (tertiary/aromatic N) is 2. The normalized spacial score (nSPS) is 20.2. The first-order chi connectivity index (χ1) is 9.15. The highest BCUT2D eigenvalue weighted by molar-refractivity contribution is 7.99. The molecule has 6 heteroatoms. The molecule has 1 aromatic heterocycles. The summed E-state index contributed by atoms with van der Waals surface area (Å²) in [6.45, 7) is 3.93. The number of aryl methyl sites for hydroxylation is 1. The van der Waals surface area contributed by atoms with Gasteiger partial charge in [-0.2, -0.15) is 11.8 Å². The van der Waals surface area contributed by atoms with E-state index in [9.17, 15) is 4.79 Å². The lowest BCUT2D eigenvalue weighted by atomic mass is 10.2. The molecule has 0 bridgehead atoms. The van der Waals surface area contributed by atoms with E-state index in [1.54, 1.807) is 0 Å². The maximum atomic E-state index is 11.6. The van der Waals surface area contributed by atoms with E-state index >= 15 is 0 Å². The summed E-state index contributed by atoms with van der Waals surface area (Å²) in [7, 11) is 1.41. The molecule has 19 heavy (non-hydrogen) atoms. The van der Waals surface area contributed by atoms with Gasteiger partial charge in [0.1, 0.15) is 4.88 Å². The molecule has 1 unspecified atom stereocenters. The molecule has 2 heterocycles. The Hall–Kier alpha value is -0.750. The van der Waals surface area contributed by atoms with Gasteiger partial charge in [-0.15, -0.1) is 0 Å². The first kappa shape index (κ1) is 14.7. The lowest BCUT2D eigenvalue weighted by molar-refractivity contribution is 0.0605. The Morgan fingerprint density at radius 3 is 2.95 bits per heavy atom. The van der Waals surface area contributed by atoms with Gasteiger partial charge < -0.3 is 9.64 Å². The lowest BCUT2D eigenvalue weighted by Crippen LogP contribution is -2.24. The van der Waals surface area contributed by atoms with Crippen LogP contribution >= 0.6 is 23.1 Å². The van der Waals surface area contributed by atoms with Crippen molar-refractivity contribution in [2.45, 2.75) is 31.4 Å². The highest BCUT2D eigenvalue weighted by Gasteiger charge is 2.22. The van der Waals surface area contributed by atoms with Crippen LogP contribution in [-0.2, 0) is 4.74 Å². The van der Waals surface area contributed by atoms with Crippen LogP contribution in [0.3, 0.4) is 0 Å². The Bertz CT molecular complexity index is 448. The van der Waals surface area contributed by atoms with Crippen LogP contribution in [0.15, 0.2) is 0 Å². The number of anilines is 1. The molecule has 0 aromatic carbocycles. The number of carbonyl (C=O) groups is 1. The highest BCUT2D eigenvalue weighted by Crippen LogP contribution is 2.30. The zero-order valence-electron chi connectivity index (χ0n) is 11.6. The van der Waals surface area contributed by atoms with Gasteiger partial charge >= 0.3 is 5.97 Å². The number of carbonyl (C=O) groups excluding carboxylic acids is 1. The van der Waals surface area contributed by atoms with Gasteiger partial charge in [0.15, 0.2) is 5.13 Å². The van der Waals surface area contributed by atoms with E-state index in [1.165, 1.54) is 37.7 Å². The van der Waals surface area contributed by atoms with Gasteiger partial charge in [-0.05, 0) is 32.4 Å². The summed E-state index contributed by atoms with van der Waals surface area (Å²) in [6, 6.07) is 0. The van der Waals surface area contributed by atoms with Gasteiger partial charge in [0, 0.05) is 18.3 Å². The average Bonchev–Trinajstić information content (AvgIpc) is 2.66. The van der Waals surface area contributed by atoms with Crippen molar-refractivity contribution in [2.75, 3.05) is 31.4 Å². The van der Waals surface area contributed by atoms with E-state index in [0.717, 1.165) is 29.2 Å². The third-order valence-electron chi connectivity index (χ3n) is 3.44. The zero-order chi connectivity index (χ0) is 13.8. The van der Waals surface area contributed by atoms with Crippen molar-refractivity contribution in [3.63, 3.8) is 0 Å². The maximum absolute atomic E-state index is 11.6. The second-order valence-corrected chi connectivity index (χ2v) is 6.79. The fourth-order valence-electron chi connectivity index (χ4n) is 2.29. The minimum absolute atomic E-state index is 0.280. The van der Waals surface area contributed by atoms with Gasteiger partial charge in [0.25, 0.3) is 0 Å². The summed E-state index contributed by atoms with van der Waals surface area (Å²) in [4.78, 5) is 19.1. The van der Waals surface area contributed by atoms with Crippen LogP contribution < -0.4 is 4.90 Å². The number of ether oxygens (including phenoxy) is 1. The fraction of sp³-hybridized carbons (Fsp3) is 0.692. The Balaban J connectivity index is 2.11. The number of hydrogen-bond acceptors (Lipinski definition) is 6. The van der Waals surface area contributed by atoms with Crippen molar-refractivity contribution in [1.29, 1.82) is 0 Å². The molecule has 0 aliphatic carbocycles. The molecule has 0 spiro atoms. The number of hydrogen-bond donors (Lipinski definition) is 0. The van der Waals surface area contributed by atoms with E-state index in [-0.39, 0.29) is 5.97 Å². The standard InChI is InChI=1S/C13H20N2O2S2/c1-9-11(12(16)17-2)19-13(14-9)15-7-4-5-10(18-3)6-8-15/h10H,4-8H2,1-3H3. The Morgan fingerprint density at radius 2 is 2.26 bits per heavy atom. The van der Waals surface area contributed by atoms with E-state index in [1.807, 2.05) is 18.7 Å². The van der Waals surface area contributed by atoms with Crippen LogP contribution in [0, 0.1) is 6.92 Å². The van der Waals surface area contributed by atoms with Crippen molar-refractivity contribution in [2.24, 2.45) is 0 Å². The van der Waals surface area contributed by atoms with Gasteiger partial charge in [-0.25, -0.2) is 9.78 Å². The van der Waals surface area contributed by atoms with Crippen LogP contribution in [0.1, 0.15) is 34.6 Å². The molecule has 4 nitrogen and oxygen atoms in total. The molecule has 1 aromatic rings. The SMILES string of the molecule is COC(=O)c1sc(N2CCCC(SC)CC2)nc1C. The first-order valence-corrected chi connectivity index (χ1v) is 8.59. The summed E-state index contributed by atoms with van der Waals surface area (Å²) in [6.07, 6.45) is 5.83. The molecular formula is C13H20N2O2S2. The van der Waals surface area contributed by atoms with Gasteiger partial charge in [0.05, 0.1) is 12.8 Å². The van der Waals surface area contributed by atoms with Crippen LogP contribution in [0.25, 0.3) is 0 Å². The van der Waals surface area contributed by atoms with Crippen molar-refractivity contribution in [1.82, 2.24) is 4.98 Å². The van der Waals surface area contributed by atoms with E-state index in [2.05, 4.69) is 16.1 Å². The van der Waals surface area contributed by atoms with Crippen LogP contribution in [-0.4, -0.2) is 42.7 Å². The number of aromatic nitrogens is 1. The second kappa shape index (κ2) is 6.61. The molecule has 2 rings (SSSR count). The third-order valence-corrected chi connectivity index (χ3v) is 5.77. The Kier molecular flexibility index (Phi) is 5.10. The molecule has 0 radical (unpaired) electrons. The zero-order valence-corrected chi connectivity index (χ0v) is 13.3. The molecule has 1 aliphatic heterocycles. The minimum Gasteiger partial charge on any atom is -0.465 e. The third kappa shape index (κ3) is 3.42. The largest absolute Gasteiger partial charge is 0.465 e. The number of esters is 1. The van der Waals surface area contributed by atoms with E-state index in [4.69, 9.17) is 4.74 Å². The quantitative estimate of drug-likeness (QED) is 0.803. The molecule has 0 amide bonds. The number of rotatable bonds is 3. The Labute approximate surface area is 122 Å². The minimum atomic E-state index is -0.280. The summed E-state index contributed by atoms with van der Waals surface area (Å²) in [5.74, 6) is -0.280. The van der Waals surface area contributed by atoms with Crippen molar-refractivity contribution in [3.8, 4) is 0 Å². The van der Waals surface area contributed by atoms with Crippen LogP contribution in [0.2, 0.25) is 0 Å². The van der Waals surface area contributed by atoms with Gasteiger partial charge in [-0.1, -0.05) is 11.3 Å². The lowest BCUT2D eigenvalue weighted by Gasteiger charge is -2.19. The molecule has 1 saturated heterocycles. The molecule has 0 N–H and O–H groups in total. The monoisotopic (exact) mass is 300 g/mol. The van der Waals surface area contributed by atoms with Crippen molar-refractivity contribution >= 4 is 34.2 Å². The molecule has 0 saturated carbocycles. The van der Waals surface area contributed by atoms with E-state index in [0.29, 0.717) is 4.88 Å². The van der Waals surface area contributed by atoms with Crippen LogP contribution in [0.4, 0.5) is 5.13 Å². The Morgan fingerprint density at radius 1 is 1.47 bits per heavy atom. The molecular weight excluding hydrogens is 280 g/mol. The topological polar surface area (TPSA) is 42.4 Å². The summed E-state index contributed by atoms with van der Waals surface area (Å²) >= 11 is 3.41. The van der Waals surface area contributed by atoms with Crippen molar-refractivity contribution in [3.05, 3.63) is 10.6 Å². The average molecular weight is 300 g/mol. The molecule has 106 valence electrons. The van der Waals surface area contributed by atoms with Crippen molar-refractivity contribution < 1.29 is 9.53 Å². The van der Waals surface area contributed by atoms with Gasteiger partial charge in [0.2, 0.25) is 0 Å². The second-order valence-electron chi connectivity index (χ2n) is 4.68. The molecule has 1 fully saturated rings. The summed E-state index contributed by atoms with van der Waals surface area (Å²) in [5.41, 5.74) is 0.775. The molecule has 1 atom stereocenters. The maximum Gasteiger partial charge on any atom is 0.350 e. The number of methoxy groups -OCH3 is 1. The number of thioether (sulfide) groups is 1. The fourth-order valence-corrected chi connectivity index (χ4v) is 4.07. The highest BCUT2D eigenvalue weighted by atomic mass is 32.2. The predicted molar refractivity (Wildman–Crippen MR) is 81.6 cm³/mol. The predicted octanol–water partition coefficient (Wildman–Crippen LogP) is 2.96. The van der Waals surface area contributed by atoms with Crippen LogP contribution in [0.5, 0.6) is 0 Å². The molecule has 1 aliphatic rings. The summed E-state index contributed by atoms with van der Waals surface area (Å²) < 4.78 is 4.79. The first-order valence-electron chi connectivity index (χ1n) is 6.49. The smallest absolute Gasteiger partial charge is 0.350 e. The van der Waals surface area contributed by atoms with E-state index < -0.39 is 0 Å². The summed E-state index contributed by atoms with van der Waals surface area (Å²) in [5, 5.41) is 1.71.